The largest absolute Gasteiger partial charge is 4.00 e. The second-order valence-corrected chi connectivity index (χ2v) is 7.59. The van der Waals surface area contributed by atoms with Crippen molar-refractivity contribution in [1.29, 1.82) is 0 Å². The van der Waals surface area contributed by atoms with Crippen LogP contribution in [0.5, 0.6) is 0 Å². The Morgan fingerprint density at radius 2 is 0.794 bits per heavy atom. The summed E-state index contributed by atoms with van der Waals surface area (Å²) in [5.41, 5.74) is 11.6. The van der Waals surface area contributed by atoms with Gasteiger partial charge in [0.1, 0.15) is 0 Å². The van der Waals surface area contributed by atoms with Gasteiger partial charge < -0.3 is 37.2 Å². The summed E-state index contributed by atoms with van der Waals surface area (Å²) in [6, 6.07) is 43.1. The third kappa shape index (κ3) is 5.71. The maximum atomic E-state index is 2.27. The Labute approximate surface area is 235 Å². The quantitative estimate of drug-likeness (QED) is 0.212. The average molecular weight is 538 g/mol. The van der Waals surface area contributed by atoms with E-state index in [9.17, 15) is 0 Å². The van der Waals surface area contributed by atoms with Gasteiger partial charge in [-0.05, 0) is 0 Å². The van der Waals surface area contributed by atoms with Gasteiger partial charge in [-0.25, -0.2) is 0 Å². The number of halogens is 3. The van der Waals surface area contributed by atoms with Crippen LogP contribution in [0.2, 0.25) is 0 Å². The molecule has 0 unspecified atom stereocenters. The molecule has 0 atom stereocenters. The van der Waals surface area contributed by atoms with Gasteiger partial charge in [-0.15, -0.1) is 17.7 Å². The van der Waals surface area contributed by atoms with Crippen molar-refractivity contribution >= 4 is 0 Å². The van der Waals surface area contributed by atoms with E-state index >= 15 is 0 Å². The second-order valence-electron chi connectivity index (χ2n) is 7.59. The summed E-state index contributed by atoms with van der Waals surface area (Å²) < 4.78 is 0. The van der Waals surface area contributed by atoms with Crippen molar-refractivity contribution in [1.82, 2.24) is 0 Å². The van der Waals surface area contributed by atoms with Crippen molar-refractivity contribution in [3.63, 3.8) is 0 Å². The molecule has 34 heavy (non-hydrogen) atoms. The van der Waals surface area contributed by atoms with Crippen LogP contribution >= 0.6 is 0 Å². The van der Waals surface area contributed by atoms with Gasteiger partial charge in [0.05, 0.1) is 0 Å². The molecule has 0 aliphatic rings. The van der Waals surface area contributed by atoms with E-state index in [2.05, 4.69) is 128 Å². The van der Waals surface area contributed by atoms with E-state index in [0.717, 1.165) is 0 Å². The van der Waals surface area contributed by atoms with Crippen LogP contribution in [0.4, 0.5) is 0 Å². The van der Waals surface area contributed by atoms with Crippen molar-refractivity contribution in [2.45, 2.75) is 6.92 Å². The molecule has 0 radical (unpaired) electrons. The van der Waals surface area contributed by atoms with E-state index in [4.69, 9.17) is 0 Å². The topological polar surface area (TPSA) is 0 Å². The van der Waals surface area contributed by atoms with Gasteiger partial charge >= 0.3 is 21.7 Å². The molecule has 168 valence electrons. The SMILES string of the molecule is Cc1c(-c2ccccc2)c(-c2ccccc2)c(-c2ccccc2)[c-]1-c1ccccc1.[Cl-].[Cl-].[Cl-].[Ti+4]. The summed E-state index contributed by atoms with van der Waals surface area (Å²) in [5.74, 6) is 0. The molecule has 0 amide bonds. The molecular formula is C30H23Cl3Ti. The van der Waals surface area contributed by atoms with Crippen LogP contribution in [-0.2, 0) is 21.7 Å². The second kappa shape index (κ2) is 13.6. The van der Waals surface area contributed by atoms with Gasteiger partial charge in [0.2, 0.25) is 0 Å². The van der Waals surface area contributed by atoms with E-state index in [-0.39, 0.29) is 58.9 Å². The Kier molecular flexibility index (Phi) is 12.0. The first-order valence-corrected chi connectivity index (χ1v) is 10.4. The van der Waals surface area contributed by atoms with Crippen molar-refractivity contribution in [3.05, 3.63) is 127 Å². The van der Waals surface area contributed by atoms with Crippen molar-refractivity contribution in [2.24, 2.45) is 0 Å². The normalized spacial score (nSPS) is 9.56. The fourth-order valence-corrected chi connectivity index (χ4v) is 4.47. The van der Waals surface area contributed by atoms with Crippen LogP contribution in [0.15, 0.2) is 121 Å². The third-order valence-corrected chi connectivity index (χ3v) is 5.75. The Bertz CT molecular complexity index is 1170. The first kappa shape index (κ1) is 29.8. The zero-order chi connectivity index (χ0) is 20.3. The minimum atomic E-state index is 0. The Hall–Kier alpha value is -2.19. The van der Waals surface area contributed by atoms with E-state index < -0.39 is 0 Å². The molecule has 0 saturated carbocycles. The third-order valence-electron chi connectivity index (χ3n) is 5.75. The minimum absolute atomic E-state index is 0. The molecule has 5 rings (SSSR count). The number of benzene rings is 4. The standard InChI is InChI=1S/C30H23.3ClH.Ti/c1-22-27(23-14-6-2-7-15-23)29(25-18-10-4-11-19-25)30(26-20-12-5-13-21-26)28(22)24-16-8-3-9-17-24;;;;/h2-21H,1H3;3*1H;/q-1;;;;+4/p-3. The molecule has 4 heteroatoms. The molecule has 0 spiro atoms. The molecule has 0 aliphatic carbocycles. The van der Waals surface area contributed by atoms with Crippen LogP contribution in [0, 0.1) is 6.92 Å². The summed E-state index contributed by atoms with van der Waals surface area (Å²) in [4.78, 5) is 0. The van der Waals surface area contributed by atoms with Crippen LogP contribution < -0.4 is 37.2 Å². The minimum Gasteiger partial charge on any atom is -1.00 e. The maximum absolute atomic E-state index is 2.27. The first-order valence-electron chi connectivity index (χ1n) is 10.4. The van der Waals surface area contributed by atoms with Gasteiger partial charge in [-0.1, -0.05) is 161 Å². The zero-order valence-electron chi connectivity index (χ0n) is 18.7. The Balaban J connectivity index is 0.00000144. The van der Waals surface area contributed by atoms with Crippen LogP contribution in [0.1, 0.15) is 5.56 Å². The molecule has 5 aromatic rings. The summed E-state index contributed by atoms with van der Waals surface area (Å²) >= 11 is 0. The zero-order valence-corrected chi connectivity index (χ0v) is 22.5. The van der Waals surface area contributed by atoms with Crippen LogP contribution in [0.25, 0.3) is 44.5 Å². The molecule has 0 aromatic heterocycles. The molecule has 0 fully saturated rings. The smallest absolute Gasteiger partial charge is 1.00 e. The summed E-state index contributed by atoms with van der Waals surface area (Å²) in [5, 5.41) is 0. The molecule has 0 heterocycles. The number of hydrogen-bond acceptors (Lipinski definition) is 0. The van der Waals surface area contributed by atoms with Crippen LogP contribution in [0.3, 0.4) is 0 Å². The summed E-state index contributed by atoms with van der Waals surface area (Å²) in [6.07, 6.45) is 0. The van der Waals surface area contributed by atoms with Gasteiger partial charge in [0.15, 0.2) is 0 Å². The maximum Gasteiger partial charge on any atom is 4.00 e. The average Bonchev–Trinajstić information content (AvgIpc) is 3.14. The van der Waals surface area contributed by atoms with E-state index in [0.29, 0.717) is 0 Å². The molecule has 0 bridgehead atoms. The van der Waals surface area contributed by atoms with E-state index in [1.165, 1.54) is 50.1 Å². The van der Waals surface area contributed by atoms with Gasteiger partial charge in [0, 0.05) is 0 Å². The fraction of sp³-hybridized carbons (Fsp3) is 0.0333. The molecule has 0 saturated heterocycles. The monoisotopic (exact) mass is 536 g/mol. The van der Waals surface area contributed by atoms with Crippen molar-refractivity contribution in [3.8, 4) is 44.5 Å². The van der Waals surface area contributed by atoms with Gasteiger partial charge in [-0.3, -0.25) is 0 Å². The molecule has 0 aliphatic heterocycles. The fourth-order valence-electron chi connectivity index (χ4n) is 4.47. The summed E-state index contributed by atoms with van der Waals surface area (Å²) in [7, 11) is 0. The van der Waals surface area contributed by atoms with Gasteiger partial charge in [-0.2, -0.15) is 0 Å². The molecular weight excluding hydrogens is 515 g/mol. The first-order chi connectivity index (χ1) is 14.8. The predicted octanol–water partition coefficient (Wildman–Crippen LogP) is -0.609. The van der Waals surface area contributed by atoms with E-state index in [1.807, 2.05) is 0 Å². The summed E-state index contributed by atoms with van der Waals surface area (Å²) in [6.45, 7) is 2.27. The van der Waals surface area contributed by atoms with E-state index in [1.54, 1.807) is 0 Å². The van der Waals surface area contributed by atoms with Crippen molar-refractivity contribution in [2.75, 3.05) is 0 Å². The predicted molar refractivity (Wildman–Crippen MR) is 129 cm³/mol. The Morgan fingerprint density at radius 3 is 1.24 bits per heavy atom. The van der Waals surface area contributed by atoms with Crippen molar-refractivity contribution < 1.29 is 58.9 Å². The molecule has 5 aromatic carbocycles. The molecule has 0 nitrogen and oxygen atoms in total. The van der Waals surface area contributed by atoms with Crippen LogP contribution in [-0.4, -0.2) is 0 Å². The molecule has 0 N–H and O–H groups in total. The Morgan fingerprint density at radius 1 is 0.441 bits per heavy atom. The number of hydrogen-bond donors (Lipinski definition) is 0. The number of rotatable bonds is 4. The van der Waals surface area contributed by atoms with Gasteiger partial charge in [0.25, 0.3) is 0 Å².